The molecular weight excluding hydrogens is 472 g/mol. The molecule has 0 aliphatic carbocycles. The monoisotopic (exact) mass is 516 g/mol. The zero-order valence-electron chi connectivity index (χ0n) is 22.3. The Labute approximate surface area is 221 Å². The predicted molar refractivity (Wildman–Crippen MR) is 141 cm³/mol. The van der Waals surface area contributed by atoms with Crippen LogP contribution in [0.3, 0.4) is 0 Å². The summed E-state index contributed by atoms with van der Waals surface area (Å²) in [4.78, 5) is 12.8. The Balaban J connectivity index is 1.41. The fourth-order valence-electron chi connectivity index (χ4n) is 5.64. The van der Waals surface area contributed by atoms with Crippen LogP contribution in [-0.4, -0.2) is 71.6 Å². The van der Waals surface area contributed by atoms with Crippen molar-refractivity contribution in [1.29, 1.82) is 0 Å². The summed E-state index contributed by atoms with van der Waals surface area (Å²) in [7, 11) is 0. The third-order valence-corrected chi connectivity index (χ3v) is 7.71. The van der Waals surface area contributed by atoms with Gasteiger partial charge in [-0.25, -0.2) is 0 Å². The first-order chi connectivity index (χ1) is 17.7. The largest absolute Gasteiger partial charge is 0.459 e. The van der Waals surface area contributed by atoms with Crippen molar-refractivity contribution in [2.75, 3.05) is 6.61 Å². The summed E-state index contributed by atoms with van der Waals surface area (Å²) in [6, 6.07) is 0. The quantitative estimate of drug-likeness (QED) is 0.327. The summed E-state index contributed by atoms with van der Waals surface area (Å²) in [5.74, 6) is -0.0765. The van der Waals surface area contributed by atoms with Crippen molar-refractivity contribution in [2.45, 2.75) is 120 Å². The smallest absolute Gasteiger partial charge is 0.308 e. The number of allylic oxidation sites excluding steroid dienone is 1. The minimum atomic E-state index is -0.993. The number of ether oxygens (including phenoxy) is 4. The Kier molecular flexibility index (Phi) is 10.2. The number of aliphatic hydroxyl groups is 2. The highest BCUT2D eigenvalue weighted by Crippen LogP contribution is 2.34. The van der Waals surface area contributed by atoms with Crippen molar-refractivity contribution in [1.82, 2.24) is 0 Å². The van der Waals surface area contributed by atoms with Crippen LogP contribution in [-0.2, 0) is 23.7 Å². The lowest BCUT2D eigenvalue weighted by Crippen LogP contribution is -2.34. The number of hydrogen-bond acceptors (Lipinski definition) is 7. The molecule has 0 unspecified atom stereocenters. The second-order valence-electron chi connectivity index (χ2n) is 11.4. The van der Waals surface area contributed by atoms with Gasteiger partial charge in [0.05, 0.1) is 49.7 Å². The van der Waals surface area contributed by atoms with Crippen molar-refractivity contribution in [3.8, 4) is 0 Å². The van der Waals surface area contributed by atoms with Gasteiger partial charge >= 0.3 is 5.97 Å². The molecule has 0 radical (unpaired) electrons. The van der Waals surface area contributed by atoms with Crippen LogP contribution >= 0.6 is 0 Å². The first-order valence-corrected chi connectivity index (χ1v) is 13.9. The molecule has 0 aromatic carbocycles. The van der Waals surface area contributed by atoms with E-state index in [0.717, 1.165) is 38.5 Å². The molecule has 4 rings (SSSR count). The van der Waals surface area contributed by atoms with Gasteiger partial charge in [-0.15, -0.1) is 0 Å². The lowest BCUT2D eigenvalue weighted by molar-refractivity contribution is -0.156. The fourth-order valence-corrected chi connectivity index (χ4v) is 5.64. The SMILES string of the molecule is C=C1CC[C@@H]2O[C@H]2C[C@@H]([C@@H](O)C=C[C@@H]2CC(C)=CCO2)OC(=O)C[C@H](O)C[C@@H]2C=CC[C@@H](C[C@@H](C)C1)O2. The van der Waals surface area contributed by atoms with Crippen LogP contribution in [0.15, 0.2) is 48.1 Å². The third-order valence-electron chi connectivity index (χ3n) is 7.71. The maximum Gasteiger partial charge on any atom is 0.308 e. The van der Waals surface area contributed by atoms with E-state index in [-0.39, 0.29) is 36.9 Å². The molecule has 4 aliphatic rings. The second-order valence-corrected chi connectivity index (χ2v) is 11.4. The number of hydrogen-bond donors (Lipinski definition) is 2. The van der Waals surface area contributed by atoms with E-state index in [0.29, 0.717) is 25.4 Å². The molecule has 0 amide bonds. The molecule has 2 N–H and O–H groups in total. The number of epoxide rings is 1. The van der Waals surface area contributed by atoms with E-state index in [4.69, 9.17) is 18.9 Å². The van der Waals surface area contributed by atoms with Gasteiger partial charge < -0.3 is 29.2 Å². The second kappa shape index (κ2) is 13.3. The van der Waals surface area contributed by atoms with Gasteiger partial charge in [-0.1, -0.05) is 55.0 Å². The summed E-state index contributed by atoms with van der Waals surface area (Å²) in [6.07, 6.45) is 12.6. The molecule has 4 aliphatic heterocycles. The lowest BCUT2D eigenvalue weighted by Gasteiger charge is -2.29. The van der Waals surface area contributed by atoms with E-state index in [1.165, 1.54) is 11.1 Å². The van der Waals surface area contributed by atoms with E-state index >= 15 is 0 Å². The maximum absolute atomic E-state index is 12.8. The van der Waals surface area contributed by atoms with Gasteiger partial charge in [-0.3, -0.25) is 4.79 Å². The summed E-state index contributed by atoms with van der Waals surface area (Å²) in [6.45, 7) is 9.13. The van der Waals surface area contributed by atoms with Gasteiger partial charge in [0, 0.05) is 12.8 Å². The van der Waals surface area contributed by atoms with Crippen LogP contribution in [0.1, 0.15) is 71.6 Å². The standard InChI is InChI=1S/C30H44O7/c1-19-7-10-27-29(36-27)18-28(26(32)9-8-23-14-20(2)11-12-34-23)37-30(33)17-22(31)16-25-6-4-5-24(35-25)15-21(3)13-19/h4,6,8-9,11,21-29,31-32H,1,5,7,10,12-18H2,2-3H3/t21-,22+,23+,24-,25-,26-,27-,28-,29-/m0/s1. The molecule has 2 saturated heterocycles. The molecule has 7 nitrogen and oxygen atoms in total. The van der Waals surface area contributed by atoms with Crippen LogP contribution in [0.5, 0.6) is 0 Å². The predicted octanol–water partition coefficient (Wildman–Crippen LogP) is 4.33. The Morgan fingerprint density at radius 2 is 1.97 bits per heavy atom. The Bertz CT molecular complexity index is 877. The number of carbonyl (C=O) groups is 1. The molecule has 0 spiro atoms. The molecule has 7 heteroatoms. The van der Waals surface area contributed by atoms with E-state index in [1.54, 1.807) is 6.08 Å². The van der Waals surface area contributed by atoms with Gasteiger partial charge in [0.15, 0.2) is 0 Å². The highest BCUT2D eigenvalue weighted by molar-refractivity contribution is 5.70. The molecule has 37 heavy (non-hydrogen) atoms. The van der Waals surface area contributed by atoms with Gasteiger partial charge in [0.25, 0.3) is 0 Å². The molecule has 9 atom stereocenters. The Morgan fingerprint density at radius 3 is 2.78 bits per heavy atom. The Hall–Kier alpha value is -1.77. The number of aliphatic hydroxyl groups excluding tert-OH is 2. The molecular formula is C30H44O7. The van der Waals surface area contributed by atoms with Crippen LogP contribution in [0.4, 0.5) is 0 Å². The summed E-state index contributed by atoms with van der Waals surface area (Å²) in [5, 5.41) is 21.5. The van der Waals surface area contributed by atoms with Crippen LogP contribution < -0.4 is 0 Å². The van der Waals surface area contributed by atoms with Gasteiger partial charge in [0.2, 0.25) is 0 Å². The number of rotatable bonds is 3. The van der Waals surface area contributed by atoms with Crippen molar-refractivity contribution < 1.29 is 34.0 Å². The first-order valence-electron chi connectivity index (χ1n) is 13.9. The highest BCUT2D eigenvalue weighted by atomic mass is 16.6. The van der Waals surface area contributed by atoms with Gasteiger partial charge in [-0.05, 0) is 51.4 Å². The number of fused-ring (bicyclic) bond motifs is 3. The van der Waals surface area contributed by atoms with Crippen molar-refractivity contribution in [3.05, 3.63) is 48.1 Å². The summed E-state index contributed by atoms with van der Waals surface area (Å²) < 4.78 is 23.5. The topological polar surface area (TPSA) is 97.8 Å². The van der Waals surface area contributed by atoms with E-state index < -0.39 is 24.3 Å². The summed E-state index contributed by atoms with van der Waals surface area (Å²) in [5.41, 5.74) is 2.46. The Morgan fingerprint density at radius 1 is 1.14 bits per heavy atom. The minimum absolute atomic E-state index is 0.0658. The molecule has 2 fully saturated rings. The van der Waals surface area contributed by atoms with Crippen molar-refractivity contribution >= 4 is 5.97 Å². The zero-order valence-corrected chi connectivity index (χ0v) is 22.3. The van der Waals surface area contributed by atoms with Crippen molar-refractivity contribution in [2.24, 2.45) is 5.92 Å². The molecule has 206 valence electrons. The maximum atomic E-state index is 12.8. The molecule has 4 heterocycles. The first kappa shape index (κ1) is 28.2. The van der Waals surface area contributed by atoms with Gasteiger partial charge in [0.1, 0.15) is 12.2 Å². The van der Waals surface area contributed by atoms with E-state index in [1.807, 2.05) is 18.2 Å². The molecule has 0 aromatic heterocycles. The molecule has 0 saturated carbocycles. The lowest BCUT2D eigenvalue weighted by atomic mass is 9.91. The van der Waals surface area contributed by atoms with Crippen LogP contribution in [0.2, 0.25) is 0 Å². The van der Waals surface area contributed by atoms with E-state index in [9.17, 15) is 15.0 Å². The molecule has 2 bridgehead atoms. The molecule has 0 aromatic rings. The normalized spacial score (nSPS) is 39.2. The number of esters is 1. The third kappa shape index (κ3) is 9.18. The zero-order chi connectivity index (χ0) is 26.4. The average Bonchev–Trinajstić information content (AvgIpc) is 3.58. The van der Waals surface area contributed by atoms with E-state index in [2.05, 4.69) is 26.5 Å². The number of carbonyl (C=O) groups excluding carboxylic acids is 1. The summed E-state index contributed by atoms with van der Waals surface area (Å²) >= 11 is 0. The van der Waals surface area contributed by atoms with Gasteiger partial charge in [-0.2, -0.15) is 0 Å². The van der Waals surface area contributed by atoms with Crippen molar-refractivity contribution in [3.63, 3.8) is 0 Å². The van der Waals surface area contributed by atoms with Crippen LogP contribution in [0, 0.1) is 5.92 Å². The number of cyclic esters (lactones) is 1. The highest BCUT2D eigenvalue weighted by Gasteiger charge is 2.42. The average molecular weight is 517 g/mol. The van der Waals surface area contributed by atoms with Crippen LogP contribution in [0.25, 0.3) is 0 Å². The minimum Gasteiger partial charge on any atom is -0.459 e. The fraction of sp³-hybridized carbons (Fsp3) is 0.700.